The summed E-state index contributed by atoms with van der Waals surface area (Å²) in [5.74, 6) is -0.904. The van der Waals surface area contributed by atoms with Crippen molar-refractivity contribution in [2.75, 3.05) is 13.2 Å². The lowest BCUT2D eigenvalue weighted by Gasteiger charge is -2.30. The molecule has 6 nitrogen and oxygen atoms in total. The zero-order valence-corrected chi connectivity index (χ0v) is 12.2. The highest BCUT2D eigenvalue weighted by Gasteiger charge is 2.26. The van der Waals surface area contributed by atoms with Gasteiger partial charge in [0.1, 0.15) is 0 Å². The molecule has 0 saturated carbocycles. The Hall–Kier alpha value is -1.30. The molecule has 0 spiro atoms. The average molecular weight is 286 g/mol. The van der Waals surface area contributed by atoms with Gasteiger partial charge in [0.25, 0.3) is 0 Å². The maximum atomic E-state index is 12.3. The third-order valence-electron chi connectivity index (χ3n) is 3.73. The topological polar surface area (TPSA) is 89.9 Å². The van der Waals surface area contributed by atoms with E-state index in [1.807, 2.05) is 6.92 Å². The second-order valence-electron chi connectivity index (χ2n) is 5.41. The predicted molar refractivity (Wildman–Crippen MR) is 75.5 cm³/mol. The second kappa shape index (κ2) is 8.79. The fraction of sp³-hybridized carbons (Fsp3) is 0.857. The molecule has 1 rings (SSSR count). The zero-order chi connectivity index (χ0) is 15.0. The molecular formula is C14H26N2O4. The van der Waals surface area contributed by atoms with Crippen LogP contribution in [0, 0.1) is 0 Å². The van der Waals surface area contributed by atoms with Gasteiger partial charge in [0, 0.05) is 12.6 Å². The number of likely N-dealkylation sites (tertiary alicyclic amines) is 1. The molecule has 2 amide bonds. The number of carbonyl (C=O) groups is 2. The van der Waals surface area contributed by atoms with Crippen LogP contribution in [-0.2, 0) is 4.79 Å². The highest BCUT2D eigenvalue weighted by Crippen LogP contribution is 2.17. The fourth-order valence-corrected chi connectivity index (χ4v) is 2.68. The summed E-state index contributed by atoms with van der Waals surface area (Å²) in [4.78, 5) is 24.8. The number of urea groups is 1. The molecule has 3 N–H and O–H groups in total. The normalized spacial score (nSPS) is 21.1. The quantitative estimate of drug-likeness (QED) is 0.691. The lowest BCUT2D eigenvalue weighted by atomic mass is 10.1. The van der Waals surface area contributed by atoms with Crippen LogP contribution in [0.3, 0.4) is 0 Å². The number of amides is 2. The third-order valence-corrected chi connectivity index (χ3v) is 3.73. The number of nitrogens with one attached hydrogen (secondary N) is 1. The number of nitrogens with zero attached hydrogens (tertiary/aromatic N) is 1. The van der Waals surface area contributed by atoms with Gasteiger partial charge in [-0.2, -0.15) is 0 Å². The Labute approximate surface area is 120 Å². The molecule has 0 aromatic rings. The first kappa shape index (κ1) is 16.8. The number of aliphatic hydroxyl groups excluding tert-OH is 1. The monoisotopic (exact) mass is 286 g/mol. The van der Waals surface area contributed by atoms with Crippen LogP contribution in [0.15, 0.2) is 0 Å². The van der Waals surface area contributed by atoms with Crippen LogP contribution < -0.4 is 5.32 Å². The van der Waals surface area contributed by atoms with Crippen LogP contribution in [-0.4, -0.2) is 52.3 Å². The number of rotatable bonds is 6. The summed E-state index contributed by atoms with van der Waals surface area (Å²) >= 11 is 0. The summed E-state index contributed by atoms with van der Waals surface area (Å²) in [5, 5.41) is 21.1. The molecule has 20 heavy (non-hydrogen) atoms. The number of hydrogen-bond acceptors (Lipinski definition) is 3. The highest BCUT2D eigenvalue weighted by molar-refractivity contribution is 5.76. The molecule has 1 saturated heterocycles. The van der Waals surface area contributed by atoms with E-state index in [0.717, 1.165) is 32.1 Å². The van der Waals surface area contributed by atoms with Crippen LogP contribution >= 0.6 is 0 Å². The lowest BCUT2D eigenvalue weighted by molar-refractivity contribution is -0.137. The lowest BCUT2D eigenvalue weighted by Crippen LogP contribution is -2.50. The van der Waals surface area contributed by atoms with Crippen molar-refractivity contribution in [3.63, 3.8) is 0 Å². The standard InChI is InChI=1S/C14H26N2O4/c1-2-6-11(9-13(18)19)15-14(20)16-8-5-3-4-7-12(16)10-17/h11-12,17H,2-10H2,1H3,(H,15,20)(H,18,19). The van der Waals surface area contributed by atoms with Crippen molar-refractivity contribution in [2.24, 2.45) is 0 Å². The molecular weight excluding hydrogens is 260 g/mol. The van der Waals surface area contributed by atoms with Gasteiger partial charge in [-0.1, -0.05) is 26.2 Å². The average Bonchev–Trinajstić information content (AvgIpc) is 2.63. The first-order valence-electron chi connectivity index (χ1n) is 7.48. The summed E-state index contributed by atoms with van der Waals surface area (Å²) < 4.78 is 0. The van der Waals surface area contributed by atoms with Gasteiger partial charge < -0.3 is 20.4 Å². The van der Waals surface area contributed by atoms with Crippen LogP contribution in [0.2, 0.25) is 0 Å². The molecule has 0 bridgehead atoms. The van der Waals surface area contributed by atoms with E-state index in [-0.39, 0.29) is 31.1 Å². The first-order valence-corrected chi connectivity index (χ1v) is 7.48. The summed E-state index contributed by atoms with van der Waals surface area (Å²) in [7, 11) is 0. The Kier molecular flexibility index (Phi) is 7.36. The van der Waals surface area contributed by atoms with E-state index in [9.17, 15) is 14.7 Å². The molecule has 0 radical (unpaired) electrons. The number of aliphatic carboxylic acids is 1. The third kappa shape index (κ3) is 5.36. The van der Waals surface area contributed by atoms with Gasteiger partial charge in [0.2, 0.25) is 0 Å². The minimum absolute atomic E-state index is 0.0369. The maximum Gasteiger partial charge on any atom is 0.317 e. The van der Waals surface area contributed by atoms with Gasteiger partial charge in [-0.05, 0) is 19.3 Å². The predicted octanol–water partition coefficient (Wildman–Crippen LogP) is 1.58. The Morgan fingerprint density at radius 3 is 2.70 bits per heavy atom. The van der Waals surface area contributed by atoms with Crippen molar-refractivity contribution in [3.8, 4) is 0 Å². The molecule has 0 aliphatic carbocycles. The van der Waals surface area contributed by atoms with Gasteiger partial charge in [0.05, 0.1) is 19.1 Å². The molecule has 0 aromatic heterocycles. The van der Waals surface area contributed by atoms with E-state index in [0.29, 0.717) is 13.0 Å². The van der Waals surface area contributed by atoms with E-state index in [4.69, 9.17) is 5.11 Å². The van der Waals surface area contributed by atoms with Gasteiger partial charge >= 0.3 is 12.0 Å². The number of carboxylic acids is 1. The van der Waals surface area contributed by atoms with E-state index >= 15 is 0 Å². The SMILES string of the molecule is CCCC(CC(=O)O)NC(=O)N1CCCCCC1CO. The minimum Gasteiger partial charge on any atom is -0.481 e. The molecule has 6 heteroatoms. The largest absolute Gasteiger partial charge is 0.481 e. The minimum atomic E-state index is -0.904. The Morgan fingerprint density at radius 1 is 1.35 bits per heavy atom. The van der Waals surface area contributed by atoms with E-state index in [1.165, 1.54) is 0 Å². The van der Waals surface area contributed by atoms with Crippen molar-refractivity contribution >= 4 is 12.0 Å². The summed E-state index contributed by atoms with van der Waals surface area (Å²) in [6, 6.07) is -0.733. The number of carbonyl (C=O) groups excluding carboxylic acids is 1. The summed E-state index contributed by atoms with van der Waals surface area (Å²) in [6.45, 7) is 2.55. The molecule has 0 aromatic carbocycles. The maximum absolute atomic E-state index is 12.3. The summed E-state index contributed by atoms with van der Waals surface area (Å²) in [6.07, 6.45) is 5.23. The van der Waals surface area contributed by atoms with Crippen LogP contribution in [0.25, 0.3) is 0 Å². The number of carboxylic acid groups (broad SMARTS) is 1. The molecule has 1 fully saturated rings. The van der Waals surface area contributed by atoms with Crippen LogP contribution in [0.5, 0.6) is 0 Å². The van der Waals surface area contributed by atoms with E-state index < -0.39 is 5.97 Å². The molecule has 1 heterocycles. The fourth-order valence-electron chi connectivity index (χ4n) is 2.68. The van der Waals surface area contributed by atoms with Crippen molar-refractivity contribution in [2.45, 2.75) is 64.0 Å². The smallest absolute Gasteiger partial charge is 0.317 e. The van der Waals surface area contributed by atoms with Gasteiger partial charge in [-0.15, -0.1) is 0 Å². The zero-order valence-electron chi connectivity index (χ0n) is 12.2. The Morgan fingerprint density at radius 2 is 2.10 bits per heavy atom. The highest BCUT2D eigenvalue weighted by atomic mass is 16.4. The van der Waals surface area contributed by atoms with E-state index in [1.54, 1.807) is 4.90 Å². The van der Waals surface area contributed by atoms with Crippen molar-refractivity contribution in [1.29, 1.82) is 0 Å². The molecule has 1 aliphatic rings. The second-order valence-corrected chi connectivity index (χ2v) is 5.41. The Balaban J connectivity index is 2.62. The van der Waals surface area contributed by atoms with E-state index in [2.05, 4.69) is 5.32 Å². The molecule has 1 aliphatic heterocycles. The molecule has 2 unspecified atom stereocenters. The van der Waals surface area contributed by atoms with Crippen LogP contribution in [0.1, 0.15) is 51.9 Å². The number of aliphatic hydroxyl groups is 1. The molecule has 116 valence electrons. The van der Waals surface area contributed by atoms with Gasteiger partial charge in [0.15, 0.2) is 0 Å². The first-order chi connectivity index (χ1) is 9.58. The number of hydrogen-bond donors (Lipinski definition) is 3. The van der Waals surface area contributed by atoms with Gasteiger partial charge in [-0.3, -0.25) is 4.79 Å². The van der Waals surface area contributed by atoms with Crippen molar-refractivity contribution < 1.29 is 19.8 Å². The van der Waals surface area contributed by atoms with Crippen LogP contribution in [0.4, 0.5) is 4.79 Å². The Bertz CT molecular complexity index is 322. The summed E-state index contributed by atoms with van der Waals surface area (Å²) in [5.41, 5.74) is 0. The molecule has 2 atom stereocenters. The van der Waals surface area contributed by atoms with Crippen molar-refractivity contribution in [3.05, 3.63) is 0 Å². The van der Waals surface area contributed by atoms with Crippen molar-refractivity contribution in [1.82, 2.24) is 10.2 Å². The van der Waals surface area contributed by atoms with Gasteiger partial charge in [-0.25, -0.2) is 4.79 Å².